The predicted octanol–water partition coefficient (Wildman–Crippen LogP) is 2.44. The zero-order valence-corrected chi connectivity index (χ0v) is 11.0. The summed E-state index contributed by atoms with van der Waals surface area (Å²) in [6.45, 7) is 2.59. The van der Waals surface area contributed by atoms with Crippen LogP contribution in [0.5, 0.6) is 0 Å². The van der Waals surface area contributed by atoms with Crippen LogP contribution in [-0.4, -0.2) is 15.7 Å². The minimum atomic E-state index is 0.386. The first-order valence-corrected chi connectivity index (χ1v) is 7.25. The SMILES string of the molecule is Cc1nnc(CNC23CC4CC(CC(C4)C2)C3)o1. The van der Waals surface area contributed by atoms with Crippen LogP contribution in [0.1, 0.15) is 50.3 Å². The molecule has 1 N–H and O–H groups in total. The number of nitrogens with one attached hydrogen (secondary N) is 1. The van der Waals surface area contributed by atoms with Gasteiger partial charge in [0.15, 0.2) is 0 Å². The number of rotatable bonds is 3. The Morgan fingerprint density at radius 3 is 2.22 bits per heavy atom. The monoisotopic (exact) mass is 247 g/mol. The summed E-state index contributed by atoms with van der Waals surface area (Å²) in [6.07, 6.45) is 8.56. The molecule has 98 valence electrons. The van der Waals surface area contributed by atoms with E-state index in [9.17, 15) is 0 Å². The van der Waals surface area contributed by atoms with E-state index in [0.717, 1.165) is 30.2 Å². The molecule has 0 radical (unpaired) electrons. The van der Waals surface area contributed by atoms with Crippen molar-refractivity contribution in [2.45, 2.75) is 57.5 Å². The topological polar surface area (TPSA) is 51.0 Å². The summed E-state index contributed by atoms with van der Waals surface area (Å²) < 4.78 is 5.46. The van der Waals surface area contributed by atoms with Gasteiger partial charge in [0.05, 0.1) is 6.54 Å². The van der Waals surface area contributed by atoms with Crippen molar-refractivity contribution in [2.24, 2.45) is 17.8 Å². The van der Waals surface area contributed by atoms with Gasteiger partial charge in [-0.25, -0.2) is 0 Å². The van der Waals surface area contributed by atoms with Gasteiger partial charge in [-0.1, -0.05) is 0 Å². The average Bonchev–Trinajstić information content (AvgIpc) is 2.71. The molecule has 4 aliphatic carbocycles. The van der Waals surface area contributed by atoms with E-state index >= 15 is 0 Å². The van der Waals surface area contributed by atoms with Gasteiger partial charge in [-0.3, -0.25) is 0 Å². The number of aryl methyl sites for hydroxylation is 1. The largest absolute Gasteiger partial charge is 0.424 e. The van der Waals surface area contributed by atoms with Crippen LogP contribution in [0.4, 0.5) is 0 Å². The van der Waals surface area contributed by atoms with Crippen molar-refractivity contribution in [3.05, 3.63) is 11.8 Å². The summed E-state index contributed by atoms with van der Waals surface area (Å²) in [4.78, 5) is 0. The van der Waals surface area contributed by atoms with E-state index in [4.69, 9.17) is 4.42 Å². The fourth-order valence-electron chi connectivity index (χ4n) is 5.00. The molecule has 1 heterocycles. The van der Waals surface area contributed by atoms with Crippen molar-refractivity contribution in [3.63, 3.8) is 0 Å². The third-order valence-electron chi connectivity index (χ3n) is 5.22. The van der Waals surface area contributed by atoms with Gasteiger partial charge in [0, 0.05) is 12.5 Å². The Morgan fingerprint density at radius 1 is 1.11 bits per heavy atom. The van der Waals surface area contributed by atoms with E-state index in [1.54, 1.807) is 0 Å². The molecule has 4 fully saturated rings. The molecule has 0 aromatic carbocycles. The zero-order chi connectivity index (χ0) is 12.2. The summed E-state index contributed by atoms with van der Waals surface area (Å²) in [5.41, 5.74) is 0.386. The molecule has 1 aromatic heterocycles. The van der Waals surface area contributed by atoms with Gasteiger partial charge in [0.1, 0.15) is 0 Å². The molecule has 0 saturated heterocycles. The van der Waals surface area contributed by atoms with Crippen LogP contribution < -0.4 is 5.32 Å². The molecule has 0 spiro atoms. The van der Waals surface area contributed by atoms with Gasteiger partial charge in [0.25, 0.3) is 0 Å². The Hall–Kier alpha value is -0.900. The highest BCUT2D eigenvalue weighted by molar-refractivity contribution is 5.06. The third kappa shape index (κ3) is 1.78. The number of aromatic nitrogens is 2. The van der Waals surface area contributed by atoms with Crippen LogP contribution in [0.2, 0.25) is 0 Å². The molecular formula is C14H21N3O. The lowest BCUT2D eigenvalue weighted by molar-refractivity contribution is -0.0215. The van der Waals surface area contributed by atoms with Crippen LogP contribution in [0.15, 0.2) is 4.42 Å². The normalized spacial score (nSPS) is 41.5. The lowest BCUT2D eigenvalue weighted by atomic mass is 9.53. The summed E-state index contributed by atoms with van der Waals surface area (Å²) in [6, 6.07) is 0. The molecule has 1 aromatic rings. The van der Waals surface area contributed by atoms with E-state index in [1.165, 1.54) is 38.5 Å². The summed E-state index contributed by atoms with van der Waals surface area (Å²) in [5.74, 6) is 4.34. The van der Waals surface area contributed by atoms with Crippen LogP contribution >= 0.6 is 0 Å². The molecule has 4 aliphatic rings. The van der Waals surface area contributed by atoms with E-state index in [1.807, 2.05) is 6.92 Å². The van der Waals surface area contributed by atoms with Gasteiger partial charge in [-0.05, 0) is 56.3 Å². The fourth-order valence-corrected chi connectivity index (χ4v) is 5.00. The minimum absolute atomic E-state index is 0.386. The average molecular weight is 247 g/mol. The lowest BCUT2D eigenvalue weighted by Crippen LogP contribution is -2.58. The maximum atomic E-state index is 5.46. The molecule has 0 unspecified atom stereocenters. The van der Waals surface area contributed by atoms with Gasteiger partial charge >= 0.3 is 0 Å². The smallest absolute Gasteiger partial charge is 0.230 e. The Labute approximate surface area is 108 Å². The summed E-state index contributed by atoms with van der Waals surface area (Å²) in [5, 5.41) is 11.7. The summed E-state index contributed by atoms with van der Waals surface area (Å²) >= 11 is 0. The van der Waals surface area contributed by atoms with Gasteiger partial charge in [0.2, 0.25) is 11.8 Å². The molecular weight excluding hydrogens is 226 g/mol. The first kappa shape index (κ1) is 11.0. The molecule has 4 heteroatoms. The van der Waals surface area contributed by atoms with Crippen molar-refractivity contribution in [1.29, 1.82) is 0 Å². The molecule has 18 heavy (non-hydrogen) atoms. The molecule has 4 saturated carbocycles. The fraction of sp³-hybridized carbons (Fsp3) is 0.857. The van der Waals surface area contributed by atoms with Gasteiger partial charge in [-0.2, -0.15) is 0 Å². The quantitative estimate of drug-likeness (QED) is 0.891. The predicted molar refractivity (Wildman–Crippen MR) is 66.8 cm³/mol. The first-order valence-electron chi connectivity index (χ1n) is 7.25. The van der Waals surface area contributed by atoms with E-state index in [0.29, 0.717) is 11.4 Å². The second-order valence-electron chi connectivity index (χ2n) is 6.77. The van der Waals surface area contributed by atoms with Crippen molar-refractivity contribution in [1.82, 2.24) is 15.5 Å². The first-order chi connectivity index (χ1) is 8.71. The highest BCUT2D eigenvalue weighted by atomic mass is 16.4. The maximum absolute atomic E-state index is 5.46. The Kier molecular flexibility index (Phi) is 2.31. The Bertz CT molecular complexity index is 418. The second kappa shape index (κ2) is 3.80. The lowest BCUT2D eigenvalue weighted by Gasteiger charge is -2.57. The van der Waals surface area contributed by atoms with Crippen LogP contribution in [0.3, 0.4) is 0 Å². The molecule has 0 amide bonds. The van der Waals surface area contributed by atoms with Crippen LogP contribution in [0, 0.1) is 24.7 Å². The van der Waals surface area contributed by atoms with Crippen LogP contribution in [0.25, 0.3) is 0 Å². The van der Waals surface area contributed by atoms with Gasteiger partial charge in [-0.15, -0.1) is 10.2 Å². The third-order valence-corrected chi connectivity index (χ3v) is 5.22. The van der Waals surface area contributed by atoms with Crippen molar-refractivity contribution in [3.8, 4) is 0 Å². The van der Waals surface area contributed by atoms with Crippen molar-refractivity contribution < 1.29 is 4.42 Å². The molecule has 4 bridgehead atoms. The maximum Gasteiger partial charge on any atom is 0.230 e. The zero-order valence-electron chi connectivity index (χ0n) is 11.0. The van der Waals surface area contributed by atoms with Gasteiger partial charge < -0.3 is 9.73 Å². The minimum Gasteiger partial charge on any atom is -0.424 e. The molecule has 0 atom stereocenters. The van der Waals surface area contributed by atoms with E-state index in [-0.39, 0.29) is 0 Å². The second-order valence-corrected chi connectivity index (χ2v) is 6.77. The highest BCUT2D eigenvalue weighted by Gasteiger charge is 2.50. The summed E-state index contributed by atoms with van der Waals surface area (Å²) in [7, 11) is 0. The van der Waals surface area contributed by atoms with Crippen LogP contribution in [-0.2, 0) is 6.54 Å². The Morgan fingerprint density at radius 2 is 1.72 bits per heavy atom. The van der Waals surface area contributed by atoms with E-state index < -0.39 is 0 Å². The van der Waals surface area contributed by atoms with Crippen molar-refractivity contribution >= 4 is 0 Å². The Balaban J connectivity index is 1.47. The molecule has 0 aliphatic heterocycles. The van der Waals surface area contributed by atoms with E-state index in [2.05, 4.69) is 15.5 Å². The highest BCUT2D eigenvalue weighted by Crippen LogP contribution is 2.55. The number of hydrogen-bond donors (Lipinski definition) is 1. The number of nitrogens with zero attached hydrogens (tertiary/aromatic N) is 2. The number of hydrogen-bond acceptors (Lipinski definition) is 4. The van der Waals surface area contributed by atoms with Crippen molar-refractivity contribution in [2.75, 3.05) is 0 Å². The molecule has 4 nitrogen and oxygen atoms in total. The standard InChI is InChI=1S/C14H21N3O/c1-9-16-17-13(18-9)8-15-14-5-10-2-11(6-14)4-12(3-10)7-14/h10-12,15H,2-8H2,1H3. The molecule has 5 rings (SSSR count).